The Bertz CT molecular complexity index is 729. The van der Waals surface area contributed by atoms with E-state index in [1.807, 2.05) is 0 Å². The van der Waals surface area contributed by atoms with Crippen molar-refractivity contribution in [1.82, 2.24) is 0 Å². The molecule has 8 nitrogen and oxygen atoms in total. The van der Waals surface area contributed by atoms with Crippen molar-refractivity contribution < 1.29 is 24.9 Å². The van der Waals surface area contributed by atoms with E-state index in [0.717, 1.165) is 25.7 Å². The second-order valence-corrected chi connectivity index (χ2v) is 5.96. The molecule has 2 aliphatic rings. The van der Waals surface area contributed by atoms with Crippen LogP contribution in [0.2, 0.25) is 0 Å². The highest BCUT2D eigenvalue weighted by molar-refractivity contribution is 6.00. The Morgan fingerprint density at radius 3 is 2.68 bits per heavy atom. The highest BCUT2D eigenvalue weighted by atomic mass is 16.5. The summed E-state index contributed by atoms with van der Waals surface area (Å²) in [5.41, 5.74) is 0.426. The van der Waals surface area contributed by atoms with E-state index in [1.54, 1.807) is 24.3 Å². The van der Waals surface area contributed by atoms with Gasteiger partial charge in [-0.25, -0.2) is 4.79 Å². The second-order valence-electron chi connectivity index (χ2n) is 5.96. The van der Waals surface area contributed by atoms with Crippen molar-refractivity contribution >= 4 is 17.5 Å². The van der Waals surface area contributed by atoms with E-state index in [4.69, 9.17) is 4.74 Å². The number of carbonyl (C=O) groups excluding carboxylic acids is 2. The van der Waals surface area contributed by atoms with Crippen LogP contribution in [0, 0.1) is 11.8 Å². The molecule has 1 fully saturated rings. The average molecular weight is 347 g/mol. The number of ether oxygens (including phenoxy) is 1. The zero-order valence-corrected chi connectivity index (χ0v) is 13.9. The minimum atomic E-state index is -0.716. The number of amides is 2. The Labute approximate surface area is 144 Å². The molecule has 2 amide bonds. The minimum Gasteiger partial charge on any atom is -0.510 e. The first kappa shape index (κ1) is 18.6. The molecule has 0 aliphatic heterocycles. The van der Waals surface area contributed by atoms with Crippen molar-refractivity contribution in [1.29, 1.82) is 0 Å². The first-order valence-corrected chi connectivity index (χ1v) is 7.94. The van der Waals surface area contributed by atoms with Gasteiger partial charge in [0.15, 0.2) is 11.5 Å². The number of urea groups is 1. The van der Waals surface area contributed by atoms with Crippen molar-refractivity contribution in [3.63, 3.8) is 0 Å². The number of aliphatic hydroxyl groups is 1. The monoisotopic (exact) mass is 347 g/mol. The molecule has 0 saturated heterocycles. The summed E-state index contributed by atoms with van der Waals surface area (Å²) in [6.07, 6.45) is 3.49. The number of carbonyl (C=O) groups is 2. The molecule has 1 aromatic rings. The predicted molar refractivity (Wildman–Crippen MR) is 90.6 cm³/mol. The van der Waals surface area contributed by atoms with Gasteiger partial charge in [-0.2, -0.15) is 0 Å². The summed E-state index contributed by atoms with van der Waals surface area (Å²) in [5, 5.41) is 19.9. The van der Waals surface area contributed by atoms with Gasteiger partial charge >= 0.3 is 6.03 Å². The number of benzene rings is 1. The van der Waals surface area contributed by atoms with Crippen LogP contribution < -0.4 is 10.1 Å². The molecule has 25 heavy (non-hydrogen) atoms. The van der Waals surface area contributed by atoms with Crippen LogP contribution in [0.15, 0.2) is 46.0 Å². The number of allylic oxidation sites excluding steroid dienone is 2. The summed E-state index contributed by atoms with van der Waals surface area (Å²) < 4.78 is 5.07. The van der Waals surface area contributed by atoms with E-state index in [2.05, 4.69) is 15.5 Å². The summed E-state index contributed by atoms with van der Waals surface area (Å²) >= 11 is 0. The first-order valence-electron chi connectivity index (χ1n) is 7.94. The van der Waals surface area contributed by atoms with Crippen LogP contribution in [0.3, 0.4) is 0 Å². The maximum atomic E-state index is 12.3. The Hall–Kier alpha value is -2.74. The van der Waals surface area contributed by atoms with Gasteiger partial charge in [0.05, 0.1) is 7.11 Å². The highest BCUT2D eigenvalue weighted by Crippen LogP contribution is 2.42. The number of ketones is 1. The van der Waals surface area contributed by atoms with E-state index in [9.17, 15) is 14.7 Å². The van der Waals surface area contributed by atoms with Gasteiger partial charge in [0.1, 0.15) is 11.5 Å². The minimum absolute atomic E-state index is 0. The third-order valence-electron chi connectivity index (χ3n) is 4.49. The quantitative estimate of drug-likeness (QED) is 0.813. The predicted octanol–water partition coefficient (Wildman–Crippen LogP) is 3.01. The number of aliphatic hydroxyl groups excluding tert-OH is 1. The molecule has 0 radical (unpaired) electrons. The molecule has 0 spiro atoms. The van der Waals surface area contributed by atoms with Gasteiger partial charge < -0.3 is 20.6 Å². The number of anilines is 1. The van der Waals surface area contributed by atoms with Crippen LogP contribution in [-0.4, -0.2) is 29.5 Å². The fourth-order valence-electron chi connectivity index (χ4n) is 3.29. The number of methoxy groups -OCH3 is 1. The normalized spacial score (nSPS) is 22.5. The lowest BCUT2D eigenvalue weighted by molar-refractivity contribution is -0.120. The highest BCUT2D eigenvalue weighted by Gasteiger charge is 2.43. The molecule has 0 heterocycles. The molecule has 0 bridgehead atoms. The fraction of sp³-hybridized carbons (Fsp3) is 0.412. The molecule has 2 atom stereocenters. The van der Waals surface area contributed by atoms with Crippen molar-refractivity contribution in [3.8, 4) is 5.75 Å². The van der Waals surface area contributed by atoms with E-state index >= 15 is 0 Å². The van der Waals surface area contributed by atoms with E-state index < -0.39 is 6.03 Å². The summed E-state index contributed by atoms with van der Waals surface area (Å²) in [6, 6.07) is 6.08. The number of nitrogens with one attached hydrogen (secondary N) is 1. The van der Waals surface area contributed by atoms with Gasteiger partial charge in [-0.3, -0.25) is 4.79 Å². The lowest BCUT2D eigenvalue weighted by Crippen LogP contribution is -2.21. The molecule has 3 rings (SSSR count). The number of hydrogen-bond donors (Lipinski definition) is 2. The first-order chi connectivity index (χ1) is 11.6. The van der Waals surface area contributed by atoms with Crippen molar-refractivity contribution in [2.24, 2.45) is 22.1 Å². The van der Waals surface area contributed by atoms with E-state index in [0.29, 0.717) is 11.4 Å². The molecular formula is C17H21N3O5. The van der Waals surface area contributed by atoms with Crippen molar-refractivity contribution in [2.75, 3.05) is 12.4 Å². The molecule has 2 unspecified atom stereocenters. The molecular weight excluding hydrogens is 326 g/mol. The SMILES string of the molecule is COc1cccc(NC(=O)N=NC2=C(O)C3CCCCC3C2=O)c1.O. The van der Waals surface area contributed by atoms with Crippen molar-refractivity contribution in [3.05, 3.63) is 35.7 Å². The van der Waals surface area contributed by atoms with E-state index in [-0.39, 0.29) is 34.6 Å². The van der Waals surface area contributed by atoms with Crippen LogP contribution >= 0.6 is 0 Å². The van der Waals surface area contributed by atoms with Crippen LogP contribution in [0.25, 0.3) is 0 Å². The third-order valence-corrected chi connectivity index (χ3v) is 4.49. The van der Waals surface area contributed by atoms with Gasteiger partial charge in [0.2, 0.25) is 0 Å². The molecule has 1 saturated carbocycles. The number of hydrogen-bond acceptors (Lipinski definition) is 5. The molecule has 0 aromatic heterocycles. The Kier molecular flexibility index (Phi) is 5.87. The van der Waals surface area contributed by atoms with Gasteiger partial charge in [-0.05, 0) is 25.0 Å². The van der Waals surface area contributed by atoms with Gasteiger partial charge in [-0.1, -0.05) is 24.0 Å². The van der Waals surface area contributed by atoms with Gasteiger partial charge in [-0.15, -0.1) is 5.11 Å². The lowest BCUT2D eigenvalue weighted by atomic mass is 9.80. The molecule has 2 aliphatic carbocycles. The standard InChI is InChI=1S/C17H19N3O4.H2O/c1-24-11-6-4-5-10(9-11)18-17(23)20-19-14-15(21)12-7-2-3-8-13(12)16(14)22;/h4-6,9,12-13,21H,2-3,7-8H2,1H3,(H,18,23);1H2. The van der Waals surface area contributed by atoms with Crippen LogP contribution in [0.5, 0.6) is 5.75 Å². The Morgan fingerprint density at radius 1 is 1.28 bits per heavy atom. The topological polar surface area (TPSA) is 132 Å². The summed E-state index contributed by atoms with van der Waals surface area (Å²) in [4.78, 5) is 24.2. The second kappa shape index (κ2) is 7.89. The maximum absolute atomic E-state index is 12.3. The van der Waals surface area contributed by atoms with Gasteiger partial charge in [0, 0.05) is 23.6 Å². The number of fused-ring (bicyclic) bond motifs is 1. The maximum Gasteiger partial charge on any atom is 0.364 e. The van der Waals surface area contributed by atoms with E-state index in [1.165, 1.54) is 7.11 Å². The Morgan fingerprint density at radius 2 is 2.00 bits per heavy atom. The zero-order chi connectivity index (χ0) is 17.1. The van der Waals surface area contributed by atoms with Crippen LogP contribution in [0.4, 0.5) is 10.5 Å². The van der Waals surface area contributed by atoms with Gasteiger partial charge in [0.25, 0.3) is 0 Å². The summed E-state index contributed by atoms with van der Waals surface area (Å²) in [7, 11) is 1.53. The molecule has 4 N–H and O–H groups in total. The zero-order valence-electron chi connectivity index (χ0n) is 13.9. The number of rotatable bonds is 3. The molecule has 1 aromatic carbocycles. The lowest BCUT2D eigenvalue weighted by Gasteiger charge is -2.23. The molecule has 134 valence electrons. The number of nitrogens with zero attached hydrogens (tertiary/aromatic N) is 2. The fourth-order valence-corrected chi connectivity index (χ4v) is 3.29. The van der Waals surface area contributed by atoms with Crippen LogP contribution in [-0.2, 0) is 4.79 Å². The number of Topliss-reactive ketones (excluding diaryl/α,β-unsaturated/α-hetero) is 1. The Balaban J connectivity index is 0.00000225. The number of azo groups is 1. The summed E-state index contributed by atoms with van der Waals surface area (Å²) in [6.45, 7) is 0. The smallest absolute Gasteiger partial charge is 0.364 e. The third kappa shape index (κ3) is 3.85. The molecule has 8 heteroatoms. The van der Waals surface area contributed by atoms with Crippen LogP contribution in [0.1, 0.15) is 25.7 Å². The van der Waals surface area contributed by atoms with Crippen molar-refractivity contribution in [2.45, 2.75) is 25.7 Å². The summed E-state index contributed by atoms with van der Waals surface area (Å²) in [5.74, 6) is -0.0197. The average Bonchev–Trinajstić information content (AvgIpc) is 2.84. The largest absolute Gasteiger partial charge is 0.510 e.